The van der Waals surface area contributed by atoms with Crippen molar-refractivity contribution in [2.45, 2.75) is 13.8 Å². The summed E-state index contributed by atoms with van der Waals surface area (Å²) in [6.45, 7) is 3.85. The number of imidazole rings is 1. The van der Waals surface area contributed by atoms with Gasteiger partial charge >= 0.3 is 0 Å². The molecular weight excluding hydrogens is 328 g/mol. The number of rotatable bonds is 3. The maximum atomic E-state index is 12.3. The van der Waals surface area contributed by atoms with Crippen LogP contribution in [0.2, 0.25) is 0 Å². The lowest BCUT2D eigenvalue weighted by Gasteiger charge is -2.11. The molecule has 0 radical (unpaired) electrons. The molecule has 0 aliphatic heterocycles. The molecule has 1 N–H and O–H groups in total. The molecule has 0 fully saturated rings. The van der Waals surface area contributed by atoms with Crippen LogP contribution in [0, 0.1) is 13.8 Å². The number of hydrogen-bond acceptors (Lipinski definition) is 5. The summed E-state index contributed by atoms with van der Waals surface area (Å²) < 4.78 is 1.91. The lowest BCUT2D eigenvalue weighted by atomic mass is 10.1. The Morgan fingerprint density at radius 1 is 1.12 bits per heavy atom. The van der Waals surface area contributed by atoms with E-state index in [9.17, 15) is 4.79 Å². The number of carbonyl (C=O) groups is 1. The molecule has 128 valence electrons. The number of nitrogens with one attached hydrogen (secondary N) is 1. The van der Waals surface area contributed by atoms with Crippen LogP contribution >= 0.6 is 0 Å². The zero-order chi connectivity index (χ0) is 18.1. The highest BCUT2D eigenvalue weighted by Crippen LogP contribution is 2.23. The van der Waals surface area contributed by atoms with Crippen LogP contribution in [-0.2, 0) is 0 Å². The lowest BCUT2D eigenvalue weighted by Crippen LogP contribution is -2.13. The van der Waals surface area contributed by atoms with E-state index in [-0.39, 0.29) is 5.91 Å². The smallest absolute Gasteiger partial charge is 0.257 e. The van der Waals surface area contributed by atoms with E-state index in [1.807, 2.05) is 36.6 Å². The van der Waals surface area contributed by atoms with Gasteiger partial charge in [0.05, 0.1) is 11.3 Å². The summed E-state index contributed by atoms with van der Waals surface area (Å²) in [5, 5.41) is 2.92. The highest BCUT2D eigenvalue weighted by molar-refractivity contribution is 6.04. The molecule has 0 atom stereocenters. The second-order valence-electron chi connectivity index (χ2n) is 5.94. The summed E-state index contributed by atoms with van der Waals surface area (Å²) in [5.41, 5.74) is 5.49. The van der Waals surface area contributed by atoms with Crippen molar-refractivity contribution < 1.29 is 4.79 Å². The maximum Gasteiger partial charge on any atom is 0.257 e. The predicted molar refractivity (Wildman–Crippen MR) is 98.3 cm³/mol. The van der Waals surface area contributed by atoms with Crippen molar-refractivity contribution in [3.05, 3.63) is 72.2 Å². The first kappa shape index (κ1) is 15.9. The highest BCUT2D eigenvalue weighted by Gasteiger charge is 2.11. The van der Waals surface area contributed by atoms with E-state index in [1.165, 1.54) is 6.33 Å². The van der Waals surface area contributed by atoms with E-state index < -0.39 is 0 Å². The number of carbonyl (C=O) groups excluding carboxylic acids is 1. The number of amides is 1. The number of nitrogens with zero attached hydrogens (tertiary/aromatic N) is 5. The molecule has 0 unspecified atom stereocenters. The van der Waals surface area contributed by atoms with Crippen LogP contribution in [0.4, 0.5) is 5.69 Å². The number of anilines is 1. The summed E-state index contributed by atoms with van der Waals surface area (Å²) in [5.74, 6) is -0.189. The average Bonchev–Trinajstić information content (AvgIpc) is 3.09. The first-order chi connectivity index (χ1) is 12.6. The Morgan fingerprint density at radius 2 is 2.00 bits per heavy atom. The van der Waals surface area contributed by atoms with Gasteiger partial charge in [-0.25, -0.2) is 15.0 Å². The molecule has 0 aliphatic rings. The fraction of sp³-hybridized carbons (Fsp3) is 0.105. The van der Waals surface area contributed by atoms with Crippen molar-refractivity contribution in [3.8, 4) is 5.69 Å². The predicted octanol–water partition coefficient (Wildman–Crippen LogP) is 3.08. The van der Waals surface area contributed by atoms with Gasteiger partial charge in [-0.2, -0.15) is 0 Å². The van der Waals surface area contributed by atoms with Crippen LogP contribution in [0.5, 0.6) is 0 Å². The van der Waals surface area contributed by atoms with Crippen LogP contribution in [0.3, 0.4) is 0 Å². The molecule has 0 saturated carbocycles. The number of pyridine rings is 1. The first-order valence-corrected chi connectivity index (χ1v) is 8.10. The molecular formula is C19H16N6O. The molecule has 0 aliphatic carbocycles. The number of benzene rings is 1. The Bertz CT molecular complexity index is 1100. The van der Waals surface area contributed by atoms with Crippen LogP contribution < -0.4 is 5.32 Å². The largest absolute Gasteiger partial charge is 0.322 e. The average molecular weight is 344 g/mol. The molecule has 0 saturated heterocycles. The third kappa shape index (κ3) is 2.79. The van der Waals surface area contributed by atoms with E-state index in [0.29, 0.717) is 5.56 Å². The van der Waals surface area contributed by atoms with Gasteiger partial charge in [-0.05, 0) is 49.7 Å². The molecule has 26 heavy (non-hydrogen) atoms. The minimum Gasteiger partial charge on any atom is -0.322 e. The van der Waals surface area contributed by atoms with Gasteiger partial charge in [-0.3, -0.25) is 14.3 Å². The first-order valence-electron chi connectivity index (χ1n) is 8.10. The van der Waals surface area contributed by atoms with Crippen molar-refractivity contribution in [3.63, 3.8) is 0 Å². The van der Waals surface area contributed by atoms with Crippen LogP contribution in [0.1, 0.15) is 21.6 Å². The Balaban J connectivity index is 1.66. The Hall–Kier alpha value is -3.61. The molecule has 0 spiro atoms. The van der Waals surface area contributed by atoms with E-state index in [2.05, 4.69) is 25.3 Å². The molecule has 0 bridgehead atoms. The van der Waals surface area contributed by atoms with Gasteiger partial charge in [0.15, 0.2) is 5.65 Å². The van der Waals surface area contributed by atoms with Crippen LogP contribution in [0.25, 0.3) is 16.9 Å². The van der Waals surface area contributed by atoms with Gasteiger partial charge in [-0.1, -0.05) is 0 Å². The molecule has 3 aromatic heterocycles. The molecule has 1 amide bonds. The van der Waals surface area contributed by atoms with E-state index in [1.54, 1.807) is 30.9 Å². The zero-order valence-corrected chi connectivity index (χ0v) is 14.3. The van der Waals surface area contributed by atoms with E-state index >= 15 is 0 Å². The molecule has 7 nitrogen and oxygen atoms in total. The van der Waals surface area contributed by atoms with Crippen molar-refractivity contribution in [1.29, 1.82) is 0 Å². The van der Waals surface area contributed by atoms with Gasteiger partial charge in [0.2, 0.25) is 0 Å². The zero-order valence-electron chi connectivity index (χ0n) is 14.3. The van der Waals surface area contributed by atoms with Crippen LogP contribution in [-0.4, -0.2) is 30.4 Å². The molecule has 3 heterocycles. The highest BCUT2D eigenvalue weighted by atomic mass is 16.1. The van der Waals surface area contributed by atoms with Crippen molar-refractivity contribution in [1.82, 2.24) is 24.5 Å². The fourth-order valence-corrected chi connectivity index (χ4v) is 2.77. The summed E-state index contributed by atoms with van der Waals surface area (Å²) >= 11 is 0. The maximum absolute atomic E-state index is 12.3. The normalized spacial score (nSPS) is 10.8. The standard InChI is InChI=1S/C19H16N6O/c1-12-8-15(25-11-23-17-13(2)21-10-22-18(17)25)5-6-16(12)24-19(26)14-4-3-7-20-9-14/h3-11H,1-2H3,(H,24,26). The number of aromatic nitrogens is 5. The summed E-state index contributed by atoms with van der Waals surface area (Å²) in [7, 11) is 0. The second kappa shape index (κ2) is 6.36. The summed E-state index contributed by atoms with van der Waals surface area (Å²) in [6.07, 6.45) is 6.44. The Kier molecular flexibility index (Phi) is 3.89. The Labute approximate surface area is 149 Å². The van der Waals surface area contributed by atoms with Crippen molar-refractivity contribution in [2.75, 3.05) is 5.32 Å². The summed E-state index contributed by atoms with van der Waals surface area (Å²) in [6, 6.07) is 9.24. The molecule has 4 aromatic rings. The molecule has 7 heteroatoms. The Morgan fingerprint density at radius 3 is 2.77 bits per heavy atom. The number of fused-ring (bicyclic) bond motifs is 1. The van der Waals surface area contributed by atoms with Crippen molar-refractivity contribution in [2.24, 2.45) is 0 Å². The monoisotopic (exact) mass is 344 g/mol. The third-order valence-electron chi connectivity index (χ3n) is 4.18. The lowest BCUT2D eigenvalue weighted by molar-refractivity contribution is 0.102. The quantitative estimate of drug-likeness (QED) is 0.617. The number of aryl methyl sites for hydroxylation is 2. The summed E-state index contributed by atoms with van der Waals surface area (Å²) in [4.78, 5) is 29.2. The van der Waals surface area contributed by atoms with Gasteiger partial charge in [0.25, 0.3) is 5.91 Å². The third-order valence-corrected chi connectivity index (χ3v) is 4.18. The minimum atomic E-state index is -0.189. The molecule has 1 aromatic carbocycles. The van der Waals surface area contributed by atoms with Gasteiger partial charge < -0.3 is 5.32 Å². The van der Waals surface area contributed by atoms with Gasteiger partial charge in [0.1, 0.15) is 18.2 Å². The van der Waals surface area contributed by atoms with Crippen molar-refractivity contribution >= 4 is 22.8 Å². The SMILES string of the molecule is Cc1cc(-n2cnc3c(C)ncnc32)ccc1NC(=O)c1cccnc1. The van der Waals surface area contributed by atoms with Gasteiger partial charge in [0, 0.05) is 23.8 Å². The fourth-order valence-electron chi connectivity index (χ4n) is 2.77. The topological polar surface area (TPSA) is 85.6 Å². The second-order valence-corrected chi connectivity index (χ2v) is 5.94. The number of hydrogen-bond donors (Lipinski definition) is 1. The minimum absolute atomic E-state index is 0.189. The van der Waals surface area contributed by atoms with E-state index in [4.69, 9.17) is 0 Å². The van der Waals surface area contributed by atoms with Crippen LogP contribution in [0.15, 0.2) is 55.4 Å². The van der Waals surface area contributed by atoms with E-state index in [0.717, 1.165) is 33.8 Å². The van der Waals surface area contributed by atoms with Gasteiger partial charge in [-0.15, -0.1) is 0 Å². The molecule has 4 rings (SSSR count).